The van der Waals surface area contributed by atoms with Crippen LogP contribution in [0.3, 0.4) is 0 Å². The van der Waals surface area contributed by atoms with Gasteiger partial charge in [-0.1, -0.05) is 12.1 Å². The Morgan fingerprint density at radius 2 is 1.90 bits per heavy atom. The van der Waals surface area contributed by atoms with Crippen LogP contribution in [-0.2, 0) is 11.3 Å². The molecule has 0 bridgehead atoms. The highest BCUT2D eigenvalue weighted by atomic mass is 19.1. The van der Waals surface area contributed by atoms with E-state index in [0.717, 1.165) is 47.9 Å². The van der Waals surface area contributed by atoms with Crippen molar-refractivity contribution in [3.8, 4) is 11.8 Å². The van der Waals surface area contributed by atoms with Crippen molar-refractivity contribution in [2.45, 2.75) is 12.6 Å². The minimum absolute atomic E-state index is 0.100. The second-order valence-electron chi connectivity index (χ2n) is 6.98. The summed E-state index contributed by atoms with van der Waals surface area (Å²) in [6, 6.07) is 14.0. The average molecular weight is 406 g/mol. The summed E-state index contributed by atoms with van der Waals surface area (Å²) >= 11 is 0. The fourth-order valence-electron chi connectivity index (χ4n) is 3.06. The van der Waals surface area contributed by atoms with E-state index in [-0.39, 0.29) is 6.01 Å². The molecule has 9 heteroatoms. The maximum atomic E-state index is 12.9. The highest BCUT2D eigenvalue weighted by Gasteiger charge is 2.17. The second-order valence-corrected chi connectivity index (χ2v) is 6.98. The number of fused-ring (bicyclic) bond motifs is 1. The number of H-pyrrole nitrogens is 1. The maximum Gasteiger partial charge on any atom is 0.322 e. The lowest BCUT2D eigenvalue weighted by Gasteiger charge is -2.27. The van der Waals surface area contributed by atoms with E-state index in [0.29, 0.717) is 24.3 Å². The standard InChI is InChI=1S/C21H19FN6O2/c22-14-9-24-21(25-10-14)30-17-4-1-13(2-5-17)8-23-20-27-18-6-3-15(7-19(18)28-20)26-16-11-29-12-16/h1-7,9-10,16,26H,8,11-12H2,(H2,23,27,28). The molecule has 3 heterocycles. The Labute approximate surface area is 171 Å². The number of nitrogens with one attached hydrogen (secondary N) is 3. The molecule has 1 aliphatic heterocycles. The van der Waals surface area contributed by atoms with Gasteiger partial charge >= 0.3 is 6.01 Å². The first-order valence-electron chi connectivity index (χ1n) is 9.53. The number of aromatic amines is 1. The van der Waals surface area contributed by atoms with E-state index in [2.05, 4.69) is 36.6 Å². The number of benzene rings is 2. The van der Waals surface area contributed by atoms with Gasteiger partial charge in [-0.15, -0.1) is 0 Å². The Morgan fingerprint density at radius 3 is 2.63 bits per heavy atom. The zero-order valence-electron chi connectivity index (χ0n) is 15.9. The average Bonchev–Trinajstić information content (AvgIpc) is 3.14. The second kappa shape index (κ2) is 7.96. The van der Waals surface area contributed by atoms with Gasteiger partial charge in [0.25, 0.3) is 0 Å². The van der Waals surface area contributed by atoms with Crippen LogP contribution >= 0.6 is 0 Å². The van der Waals surface area contributed by atoms with E-state index in [1.54, 1.807) is 0 Å². The number of imidazole rings is 1. The lowest BCUT2D eigenvalue weighted by atomic mass is 10.2. The number of rotatable bonds is 7. The Bertz CT molecular complexity index is 1140. The third kappa shape index (κ3) is 4.15. The molecule has 0 radical (unpaired) electrons. The summed E-state index contributed by atoms with van der Waals surface area (Å²) in [5, 5.41) is 6.72. The molecule has 0 saturated carbocycles. The molecule has 8 nitrogen and oxygen atoms in total. The third-order valence-corrected chi connectivity index (χ3v) is 4.68. The van der Waals surface area contributed by atoms with Gasteiger partial charge < -0.3 is 25.1 Å². The topological polar surface area (TPSA) is 97.0 Å². The molecular weight excluding hydrogens is 387 g/mol. The molecule has 2 aromatic heterocycles. The van der Waals surface area contributed by atoms with E-state index in [1.807, 2.05) is 36.4 Å². The molecule has 1 fully saturated rings. The molecular formula is C21H19FN6O2. The highest BCUT2D eigenvalue weighted by molar-refractivity contribution is 5.81. The summed E-state index contributed by atoms with van der Waals surface area (Å²) in [7, 11) is 0. The van der Waals surface area contributed by atoms with E-state index in [4.69, 9.17) is 9.47 Å². The third-order valence-electron chi connectivity index (χ3n) is 4.68. The first-order valence-corrected chi connectivity index (χ1v) is 9.53. The maximum absolute atomic E-state index is 12.9. The molecule has 0 spiro atoms. The van der Waals surface area contributed by atoms with Gasteiger partial charge in [0.2, 0.25) is 5.95 Å². The minimum Gasteiger partial charge on any atom is -0.424 e. The lowest BCUT2D eigenvalue weighted by molar-refractivity contribution is 0.0211. The lowest BCUT2D eigenvalue weighted by Crippen LogP contribution is -2.40. The van der Waals surface area contributed by atoms with Crippen LogP contribution in [0, 0.1) is 5.82 Å². The number of anilines is 2. The Hall–Kier alpha value is -3.72. The summed E-state index contributed by atoms with van der Waals surface area (Å²) in [4.78, 5) is 15.4. The normalized spacial score (nSPS) is 13.8. The number of aromatic nitrogens is 4. The summed E-state index contributed by atoms with van der Waals surface area (Å²) in [6.07, 6.45) is 2.13. The predicted octanol–water partition coefficient (Wildman–Crippen LogP) is 3.71. The molecule has 0 unspecified atom stereocenters. The Morgan fingerprint density at radius 1 is 1.10 bits per heavy atom. The van der Waals surface area contributed by atoms with Crippen molar-refractivity contribution in [1.29, 1.82) is 0 Å². The van der Waals surface area contributed by atoms with Crippen LogP contribution < -0.4 is 15.4 Å². The van der Waals surface area contributed by atoms with E-state index < -0.39 is 5.82 Å². The fourth-order valence-corrected chi connectivity index (χ4v) is 3.06. The van der Waals surface area contributed by atoms with Gasteiger partial charge in [-0.3, -0.25) is 0 Å². The quantitative estimate of drug-likeness (QED) is 0.430. The molecule has 0 amide bonds. The SMILES string of the molecule is Fc1cnc(Oc2ccc(CNc3nc4ccc(NC5COC5)cc4[nH]3)cc2)nc1. The summed E-state index contributed by atoms with van der Waals surface area (Å²) in [6.45, 7) is 2.08. The van der Waals surface area contributed by atoms with Gasteiger partial charge in [-0.05, 0) is 35.9 Å². The van der Waals surface area contributed by atoms with Crippen molar-refractivity contribution in [3.05, 3.63) is 66.2 Å². The van der Waals surface area contributed by atoms with Crippen LogP contribution in [0.15, 0.2) is 54.9 Å². The molecule has 2 aromatic carbocycles. The summed E-state index contributed by atoms with van der Waals surface area (Å²) < 4.78 is 23.5. The Balaban J connectivity index is 1.20. The van der Waals surface area contributed by atoms with Gasteiger partial charge in [0, 0.05) is 12.2 Å². The number of hydrogen-bond acceptors (Lipinski definition) is 7. The van der Waals surface area contributed by atoms with Gasteiger partial charge in [0.05, 0.1) is 42.7 Å². The van der Waals surface area contributed by atoms with Gasteiger partial charge in [0.15, 0.2) is 5.82 Å². The van der Waals surface area contributed by atoms with Gasteiger partial charge in [-0.2, -0.15) is 0 Å². The van der Waals surface area contributed by atoms with Crippen LogP contribution in [0.25, 0.3) is 11.0 Å². The number of nitrogens with zero attached hydrogens (tertiary/aromatic N) is 3. The predicted molar refractivity (Wildman–Crippen MR) is 110 cm³/mol. The molecule has 30 heavy (non-hydrogen) atoms. The number of ether oxygens (including phenoxy) is 2. The van der Waals surface area contributed by atoms with Crippen LogP contribution in [0.2, 0.25) is 0 Å². The molecule has 152 valence electrons. The van der Waals surface area contributed by atoms with E-state index >= 15 is 0 Å². The minimum atomic E-state index is -0.505. The molecule has 0 aliphatic carbocycles. The fraction of sp³-hybridized carbons (Fsp3) is 0.190. The molecule has 3 N–H and O–H groups in total. The zero-order valence-corrected chi connectivity index (χ0v) is 15.9. The van der Waals surface area contributed by atoms with Gasteiger partial charge in [-0.25, -0.2) is 19.3 Å². The first-order chi connectivity index (χ1) is 14.7. The van der Waals surface area contributed by atoms with Crippen LogP contribution in [0.4, 0.5) is 16.0 Å². The van der Waals surface area contributed by atoms with Crippen LogP contribution in [0.1, 0.15) is 5.56 Å². The van der Waals surface area contributed by atoms with Crippen molar-refractivity contribution >= 4 is 22.7 Å². The van der Waals surface area contributed by atoms with E-state index in [9.17, 15) is 4.39 Å². The van der Waals surface area contributed by atoms with Crippen LogP contribution in [-0.4, -0.2) is 39.2 Å². The van der Waals surface area contributed by atoms with Crippen molar-refractivity contribution in [2.75, 3.05) is 23.8 Å². The van der Waals surface area contributed by atoms with Crippen LogP contribution in [0.5, 0.6) is 11.8 Å². The van der Waals surface area contributed by atoms with Gasteiger partial charge in [0.1, 0.15) is 5.75 Å². The number of halogens is 1. The molecule has 1 aliphatic rings. The molecule has 5 rings (SSSR count). The monoisotopic (exact) mass is 406 g/mol. The molecule has 0 atom stereocenters. The van der Waals surface area contributed by atoms with Crippen molar-refractivity contribution in [3.63, 3.8) is 0 Å². The van der Waals surface area contributed by atoms with Crippen molar-refractivity contribution in [2.24, 2.45) is 0 Å². The smallest absolute Gasteiger partial charge is 0.322 e. The molecule has 1 saturated heterocycles. The highest BCUT2D eigenvalue weighted by Crippen LogP contribution is 2.22. The molecule has 4 aromatic rings. The van der Waals surface area contributed by atoms with E-state index in [1.165, 1.54) is 0 Å². The first kappa shape index (κ1) is 18.3. The van der Waals surface area contributed by atoms with Crippen molar-refractivity contribution in [1.82, 2.24) is 19.9 Å². The Kier molecular flexibility index (Phi) is 4.86. The summed E-state index contributed by atoms with van der Waals surface area (Å²) in [5.74, 6) is 0.773. The summed E-state index contributed by atoms with van der Waals surface area (Å²) in [5.41, 5.74) is 3.96. The zero-order chi connectivity index (χ0) is 20.3. The van der Waals surface area contributed by atoms with Crippen molar-refractivity contribution < 1.29 is 13.9 Å². The number of hydrogen-bond donors (Lipinski definition) is 3. The largest absolute Gasteiger partial charge is 0.424 e.